The van der Waals surface area contributed by atoms with Crippen LogP contribution in [0.3, 0.4) is 0 Å². The summed E-state index contributed by atoms with van der Waals surface area (Å²) in [6, 6.07) is 38.7. The average Bonchev–Trinajstić information content (AvgIpc) is 3.51. The molecule has 0 fully saturated rings. The zero-order valence-corrected chi connectivity index (χ0v) is 19.3. The molecule has 36 heavy (non-hydrogen) atoms. The molecule has 0 atom stereocenters. The molecule has 0 aliphatic rings. The minimum Gasteiger partial charge on any atom is -0.317 e. The number of rotatable bonds is 2. The molecule has 5 aromatic carbocycles. The minimum absolute atomic E-state index is 0.854. The van der Waals surface area contributed by atoms with Crippen molar-refractivity contribution in [1.29, 1.82) is 0 Å². The van der Waals surface area contributed by atoms with Gasteiger partial charge in [-0.05, 0) is 53.2 Å². The van der Waals surface area contributed by atoms with Gasteiger partial charge < -0.3 is 4.57 Å². The lowest BCUT2D eigenvalue weighted by molar-refractivity contribution is 0.972. The van der Waals surface area contributed by atoms with Gasteiger partial charge in [0, 0.05) is 38.8 Å². The van der Waals surface area contributed by atoms with Crippen LogP contribution in [-0.4, -0.2) is 19.3 Å². The molecule has 0 saturated heterocycles. The SMILES string of the molecule is c1ccc(-n2ccc3c4cc5c(cc4ccc32)c2ccccc2n5-c2nncc3ccccc23)cc1. The van der Waals surface area contributed by atoms with E-state index in [2.05, 4.69) is 129 Å². The molecule has 0 amide bonds. The second kappa shape index (κ2) is 7.27. The standard InChI is InChI=1S/C32H20N4/c1-2-9-23(10-3-1)35-17-16-26-27-19-31-28(18-21(27)14-15-29(26)35)25-12-6-7-13-30(25)36(31)32-24-11-5-4-8-22(24)20-33-34-32/h1-20H. The molecule has 0 saturated carbocycles. The molecule has 3 aromatic heterocycles. The van der Waals surface area contributed by atoms with E-state index in [4.69, 9.17) is 0 Å². The summed E-state index contributed by atoms with van der Waals surface area (Å²) in [7, 11) is 0. The van der Waals surface area contributed by atoms with Crippen molar-refractivity contribution in [2.45, 2.75) is 0 Å². The molecule has 8 aromatic rings. The van der Waals surface area contributed by atoms with Crippen molar-refractivity contribution in [3.05, 3.63) is 122 Å². The van der Waals surface area contributed by atoms with Gasteiger partial charge in [-0.2, -0.15) is 5.10 Å². The molecule has 0 bridgehead atoms. The first-order valence-electron chi connectivity index (χ1n) is 12.1. The Hall–Kier alpha value is -4.96. The lowest BCUT2D eigenvalue weighted by Crippen LogP contribution is -2.00. The van der Waals surface area contributed by atoms with E-state index < -0.39 is 0 Å². The van der Waals surface area contributed by atoms with Crippen LogP contribution in [0, 0.1) is 0 Å². The van der Waals surface area contributed by atoms with Gasteiger partial charge in [-0.3, -0.25) is 4.57 Å². The maximum atomic E-state index is 4.64. The Balaban J connectivity index is 1.51. The first-order valence-corrected chi connectivity index (χ1v) is 12.1. The molecule has 0 N–H and O–H groups in total. The third-order valence-electron chi connectivity index (χ3n) is 7.28. The van der Waals surface area contributed by atoms with Crippen molar-refractivity contribution in [2.24, 2.45) is 0 Å². The van der Waals surface area contributed by atoms with Gasteiger partial charge in [-0.25, -0.2) is 0 Å². The molecule has 168 valence electrons. The monoisotopic (exact) mass is 460 g/mol. The molecule has 0 radical (unpaired) electrons. The first kappa shape index (κ1) is 19.4. The third-order valence-corrected chi connectivity index (χ3v) is 7.28. The highest BCUT2D eigenvalue weighted by atomic mass is 15.2. The van der Waals surface area contributed by atoms with Crippen LogP contribution in [0.4, 0.5) is 0 Å². The van der Waals surface area contributed by atoms with Crippen LogP contribution in [0.25, 0.3) is 65.8 Å². The third kappa shape index (κ3) is 2.64. The largest absolute Gasteiger partial charge is 0.317 e. The van der Waals surface area contributed by atoms with Crippen molar-refractivity contribution < 1.29 is 0 Å². The second-order valence-electron chi connectivity index (χ2n) is 9.22. The Labute approximate surface area is 206 Å². The van der Waals surface area contributed by atoms with Crippen LogP contribution in [0.2, 0.25) is 0 Å². The van der Waals surface area contributed by atoms with Crippen LogP contribution >= 0.6 is 0 Å². The van der Waals surface area contributed by atoms with Crippen molar-refractivity contribution in [1.82, 2.24) is 19.3 Å². The fourth-order valence-corrected chi connectivity index (χ4v) is 5.63. The first-order chi connectivity index (χ1) is 17.9. The topological polar surface area (TPSA) is 35.6 Å². The van der Waals surface area contributed by atoms with Gasteiger partial charge in [0.25, 0.3) is 0 Å². The second-order valence-corrected chi connectivity index (χ2v) is 9.22. The zero-order chi connectivity index (χ0) is 23.6. The number of hydrogen-bond acceptors (Lipinski definition) is 2. The zero-order valence-electron chi connectivity index (χ0n) is 19.3. The highest BCUT2D eigenvalue weighted by Gasteiger charge is 2.17. The summed E-state index contributed by atoms with van der Waals surface area (Å²) < 4.78 is 4.52. The molecule has 0 aliphatic heterocycles. The Morgan fingerprint density at radius 3 is 2.19 bits per heavy atom. The van der Waals surface area contributed by atoms with Gasteiger partial charge in [0.1, 0.15) is 0 Å². The number of aromatic nitrogens is 4. The minimum atomic E-state index is 0.854. The van der Waals surface area contributed by atoms with E-state index in [9.17, 15) is 0 Å². The van der Waals surface area contributed by atoms with E-state index in [0.29, 0.717) is 0 Å². The molecular formula is C32H20N4. The van der Waals surface area contributed by atoms with Gasteiger partial charge in [0.05, 0.1) is 22.7 Å². The fourth-order valence-electron chi connectivity index (χ4n) is 5.63. The summed E-state index contributed by atoms with van der Waals surface area (Å²) in [5, 5.41) is 17.3. The quantitative estimate of drug-likeness (QED) is 0.264. The van der Waals surface area contributed by atoms with Gasteiger partial charge in [-0.1, -0.05) is 66.7 Å². The Morgan fingerprint density at radius 2 is 1.28 bits per heavy atom. The van der Waals surface area contributed by atoms with Gasteiger partial charge in [-0.15, -0.1) is 5.10 Å². The Morgan fingerprint density at radius 1 is 0.500 bits per heavy atom. The molecule has 0 aliphatic carbocycles. The Kier molecular flexibility index (Phi) is 3.91. The smallest absolute Gasteiger partial charge is 0.168 e. The number of nitrogens with zero attached hydrogens (tertiary/aromatic N) is 4. The van der Waals surface area contributed by atoms with E-state index in [-0.39, 0.29) is 0 Å². The normalized spacial score (nSPS) is 11.9. The van der Waals surface area contributed by atoms with E-state index in [1.807, 2.05) is 12.3 Å². The molecule has 0 unspecified atom stereocenters. The molecule has 4 heteroatoms. The predicted octanol–water partition coefficient (Wildman–Crippen LogP) is 7.82. The number of benzene rings is 5. The van der Waals surface area contributed by atoms with Crippen LogP contribution < -0.4 is 0 Å². The van der Waals surface area contributed by atoms with Crippen molar-refractivity contribution in [3.63, 3.8) is 0 Å². The van der Waals surface area contributed by atoms with E-state index in [1.165, 1.54) is 32.4 Å². The highest BCUT2D eigenvalue weighted by molar-refractivity contribution is 6.18. The summed E-state index contributed by atoms with van der Waals surface area (Å²) in [5.41, 5.74) is 4.62. The predicted molar refractivity (Wildman–Crippen MR) is 148 cm³/mol. The molecule has 0 spiro atoms. The maximum Gasteiger partial charge on any atom is 0.168 e. The van der Waals surface area contributed by atoms with Crippen LogP contribution in [0.5, 0.6) is 0 Å². The lowest BCUT2D eigenvalue weighted by atomic mass is 10.0. The summed E-state index contributed by atoms with van der Waals surface area (Å²) in [4.78, 5) is 0. The molecule has 3 heterocycles. The van der Waals surface area contributed by atoms with Crippen molar-refractivity contribution in [2.75, 3.05) is 0 Å². The fraction of sp³-hybridized carbons (Fsp3) is 0. The van der Waals surface area contributed by atoms with Gasteiger partial charge in [0.15, 0.2) is 5.82 Å². The summed E-state index contributed by atoms with van der Waals surface area (Å²) in [6.07, 6.45) is 3.99. The number of para-hydroxylation sites is 2. The number of fused-ring (bicyclic) bond motifs is 7. The van der Waals surface area contributed by atoms with Gasteiger partial charge >= 0.3 is 0 Å². The Bertz CT molecular complexity index is 2090. The highest BCUT2D eigenvalue weighted by Crippen LogP contribution is 2.38. The van der Waals surface area contributed by atoms with Crippen LogP contribution in [0.1, 0.15) is 0 Å². The van der Waals surface area contributed by atoms with E-state index in [0.717, 1.165) is 33.3 Å². The summed E-state index contributed by atoms with van der Waals surface area (Å²) in [6.45, 7) is 0. The van der Waals surface area contributed by atoms with Crippen molar-refractivity contribution >= 4 is 54.3 Å². The van der Waals surface area contributed by atoms with E-state index >= 15 is 0 Å². The van der Waals surface area contributed by atoms with E-state index in [1.54, 1.807) is 0 Å². The van der Waals surface area contributed by atoms with Crippen LogP contribution in [-0.2, 0) is 0 Å². The van der Waals surface area contributed by atoms with Crippen molar-refractivity contribution in [3.8, 4) is 11.5 Å². The summed E-state index contributed by atoms with van der Waals surface area (Å²) >= 11 is 0. The summed E-state index contributed by atoms with van der Waals surface area (Å²) in [5.74, 6) is 0.854. The van der Waals surface area contributed by atoms with Crippen LogP contribution in [0.15, 0.2) is 122 Å². The molecular weight excluding hydrogens is 440 g/mol. The average molecular weight is 461 g/mol. The molecule has 4 nitrogen and oxygen atoms in total. The lowest BCUT2D eigenvalue weighted by Gasteiger charge is -2.10. The van der Waals surface area contributed by atoms with Gasteiger partial charge in [0.2, 0.25) is 0 Å². The molecule has 8 rings (SSSR count). The number of hydrogen-bond donors (Lipinski definition) is 0. The maximum absolute atomic E-state index is 4.64.